The van der Waals surface area contributed by atoms with Crippen molar-refractivity contribution in [1.82, 2.24) is 9.78 Å². The highest BCUT2D eigenvalue weighted by molar-refractivity contribution is 5.91. The number of carboxylic acid groups (broad SMARTS) is 1. The lowest BCUT2D eigenvalue weighted by molar-refractivity contribution is -0.137. The first kappa shape index (κ1) is 14.1. The molecule has 0 aliphatic carbocycles. The van der Waals surface area contributed by atoms with E-state index >= 15 is 0 Å². The van der Waals surface area contributed by atoms with Crippen molar-refractivity contribution >= 4 is 17.6 Å². The van der Waals surface area contributed by atoms with Crippen molar-refractivity contribution in [1.29, 1.82) is 0 Å². The summed E-state index contributed by atoms with van der Waals surface area (Å²) < 4.78 is 11.0. The first-order valence-electron chi connectivity index (χ1n) is 5.22. The summed E-state index contributed by atoms with van der Waals surface area (Å²) in [5, 5.41) is 14.9. The quantitative estimate of drug-likeness (QED) is 0.612. The van der Waals surface area contributed by atoms with Gasteiger partial charge in [-0.3, -0.25) is 14.3 Å². The Morgan fingerprint density at radius 3 is 2.94 bits per heavy atom. The number of methoxy groups -OCH3 is 1. The summed E-state index contributed by atoms with van der Waals surface area (Å²) in [6.07, 6.45) is 2.80. The van der Waals surface area contributed by atoms with Crippen molar-refractivity contribution in [3.05, 3.63) is 12.4 Å². The van der Waals surface area contributed by atoms with Crippen LogP contribution in [0.2, 0.25) is 0 Å². The Kier molecular flexibility index (Phi) is 5.81. The van der Waals surface area contributed by atoms with E-state index in [1.54, 1.807) is 7.11 Å². The number of aliphatic carboxylic acids is 1. The Balaban J connectivity index is 2.31. The second-order valence-electron chi connectivity index (χ2n) is 3.41. The van der Waals surface area contributed by atoms with Crippen LogP contribution in [0.4, 0.5) is 5.69 Å². The van der Waals surface area contributed by atoms with Crippen LogP contribution in [0.15, 0.2) is 12.4 Å². The van der Waals surface area contributed by atoms with E-state index in [1.807, 2.05) is 0 Å². The minimum absolute atomic E-state index is 0.0898. The summed E-state index contributed by atoms with van der Waals surface area (Å²) in [5.41, 5.74) is 0.427. The summed E-state index contributed by atoms with van der Waals surface area (Å²) in [5.74, 6) is -1.33. The highest BCUT2D eigenvalue weighted by Crippen LogP contribution is 2.04. The molecule has 0 saturated carbocycles. The monoisotopic (exact) mass is 257 g/mol. The predicted octanol–water partition coefficient (Wildman–Crippen LogP) is -0.431. The van der Waals surface area contributed by atoms with Gasteiger partial charge in [0.1, 0.15) is 13.2 Å². The van der Waals surface area contributed by atoms with Gasteiger partial charge in [0, 0.05) is 13.3 Å². The minimum atomic E-state index is -1.00. The number of nitrogens with zero attached hydrogens (tertiary/aromatic N) is 2. The van der Waals surface area contributed by atoms with E-state index in [1.165, 1.54) is 17.1 Å². The smallest absolute Gasteiger partial charge is 0.325 e. The lowest BCUT2D eigenvalue weighted by Gasteiger charge is -2.03. The van der Waals surface area contributed by atoms with Crippen LogP contribution in [-0.4, -0.2) is 53.7 Å². The topological polar surface area (TPSA) is 103 Å². The Hall–Kier alpha value is -1.93. The third-order valence-corrected chi connectivity index (χ3v) is 1.88. The Bertz CT molecular complexity index is 404. The van der Waals surface area contributed by atoms with Crippen LogP contribution in [0.3, 0.4) is 0 Å². The number of nitrogens with one attached hydrogen (secondary N) is 1. The summed E-state index contributed by atoms with van der Waals surface area (Å²) in [6.45, 7) is 0.416. The molecule has 1 aromatic rings. The molecule has 8 heteroatoms. The standard InChI is InChI=1S/C10H15N3O5/c1-17-2-3-18-7-9(14)12-8-4-11-13(5-8)6-10(15)16/h4-5H,2-3,6-7H2,1H3,(H,12,14)(H,15,16). The van der Waals surface area contributed by atoms with Gasteiger partial charge in [-0.05, 0) is 0 Å². The van der Waals surface area contributed by atoms with Crippen LogP contribution in [0, 0.1) is 0 Å². The summed E-state index contributed by atoms with van der Waals surface area (Å²) in [6, 6.07) is 0. The molecule has 0 radical (unpaired) electrons. The lowest BCUT2D eigenvalue weighted by Crippen LogP contribution is -2.19. The fourth-order valence-corrected chi connectivity index (χ4v) is 1.16. The SMILES string of the molecule is COCCOCC(=O)Nc1cnn(CC(=O)O)c1. The van der Waals surface area contributed by atoms with Crippen molar-refractivity contribution in [2.45, 2.75) is 6.54 Å². The number of rotatable bonds is 8. The molecular weight excluding hydrogens is 242 g/mol. The van der Waals surface area contributed by atoms with Crippen molar-refractivity contribution in [3.63, 3.8) is 0 Å². The van der Waals surface area contributed by atoms with Crippen LogP contribution < -0.4 is 5.32 Å². The van der Waals surface area contributed by atoms with Crippen molar-refractivity contribution in [2.24, 2.45) is 0 Å². The van der Waals surface area contributed by atoms with Gasteiger partial charge in [-0.2, -0.15) is 5.10 Å². The maximum atomic E-state index is 11.4. The van der Waals surface area contributed by atoms with Crippen molar-refractivity contribution < 1.29 is 24.2 Å². The number of aromatic nitrogens is 2. The molecular formula is C10H15N3O5. The van der Waals surface area contributed by atoms with Gasteiger partial charge in [0.15, 0.2) is 0 Å². The molecule has 18 heavy (non-hydrogen) atoms. The molecule has 8 nitrogen and oxygen atoms in total. The number of amides is 1. The van der Waals surface area contributed by atoms with E-state index in [-0.39, 0.29) is 19.1 Å². The molecule has 100 valence electrons. The highest BCUT2D eigenvalue weighted by atomic mass is 16.5. The van der Waals surface area contributed by atoms with E-state index in [0.29, 0.717) is 18.9 Å². The van der Waals surface area contributed by atoms with Gasteiger partial charge in [-0.1, -0.05) is 0 Å². The lowest BCUT2D eigenvalue weighted by atomic mass is 10.5. The molecule has 0 saturated heterocycles. The molecule has 2 N–H and O–H groups in total. The molecule has 0 atom stereocenters. The second-order valence-corrected chi connectivity index (χ2v) is 3.41. The summed E-state index contributed by atoms with van der Waals surface area (Å²) in [7, 11) is 1.54. The van der Waals surface area contributed by atoms with Crippen LogP contribution in [0.25, 0.3) is 0 Å². The van der Waals surface area contributed by atoms with Gasteiger partial charge in [0.25, 0.3) is 0 Å². The third kappa shape index (κ3) is 5.41. The molecule has 0 aliphatic heterocycles. The summed E-state index contributed by atoms with van der Waals surface area (Å²) >= 11 is 0. The van der Waals surface area contributed by atoms with E-state index < -0.39 is 5.97 Å². The summed E-state index contributed by atoms with van der Waals surface area (Å²) in [4.78, 5) is 21.8. The molecule has 0 fully saturated rings. The first-order valence-corrected chi connectivity index (χ1v) is 5.22. The third-order valence-electron chi connectivity index (χ3n) is 1.88. The Morgan fingerprint density at radius 2 is 2.28 bits per heavy atom. The fraction of sp³-hybridized carbons (Fsp3) is 0.500. The fourth-order valence-electron chi connectivity index (χ4n) is 1.16. The predicted molar refractivity (Wildman–Crippen MR) is 61.2 cm³/mol. The zero-order chi connectivity index (χ0) is 13.4. The Labute approximate surface area is 103 Å². The normalized spacial score (nSPS) is 10.3. The van der Waals surface area contributed by atoms with Crippen LogP contribution in [0.1, 0.15) is 0 Å². The second kappa shape index (κ2) is 7.41. The molecule has 0 bridgehead atoms. The molecule has 1 aromatic heterocycles. The van der Waals surface area contributed by atoms with Crippen LogP contribution in [0.5, 0.6) is 0 Å². The molecule has 0 aliphatic rings. The molecule has 0 spiro atoms. The van der Waals surface area contributed by atoms with E-state index in [2.05, 4.69) is 10.4 Å². The van der Waals surface area contributed by atoms with Gasteiger partial charge in [0.2, 0.25) is 5.91 Å². The minimum Gasteiger partial charge on any atom is -0.480 e. The number of carbonyl (C=O) groups is 2. The van der Waals surface area contributed by atoms with E-state index in [9.17, 15) is 9.59 Å². The zero-order valence-electron chi connectivity index (χ0n) is 9.96. The number of anilines is 1. The maximum Gasteiger partial charge on any atom is 0.325 e. The highest BCUT2D eigenvalue weighted by Gasteiger charge is 2.06. The van der Waals surface area contributed by atoms with Crippen molar-refractivity contribution in [3.8, 4) is 0 Å². The molecule has 1 rings (SSSR count). The first-order chi connectivity index (χ1) is 8.61. The molecule has 1 heterocycles. The van der Waals surface area contributed by atoms with Crippen molar-refractivity contribution in [2.75, 3.05) is 32.2 Å². The van der Waals surface area contributed by atoms with Gasteiger partial charge >= 0.3 is 5.97 Å². The average molecular weight is 257 g/mol. The zero-order valence-corrected chi connectivity index (χ0v) is 9.96. The molecule has 0 unspecified atom stereocenters. The van der Waals surface area contributed by atoms with Gasteiger partial charge in [0.05, 0.1) is 25.1 Å². The number of carbonyl (C=O) groups excluding carboxylic acids is 1. The van der Waals surface area contributed by atoms with Gasteiger partial charge in [-0.15, -0.1) is 0 Å². The number of hydrogen-bond donors (Lipinski definition) is 2. The number of carboxylic acids is 1. The van der Waals surface area contributed by atoms with Crippen LogP contribution >= 0.6 is 0 Å². The van der Waals surface area contributed by atoms with Crippen LogP contribution in [-0.2, 0) is 25.6 Å². The van der Waals surface area contributed by atoms with Gasteiger partial charge < -0.3 is 19.9 Å². The van der Waals surface area contributed by atoms with E-state index in [4.69, 9.17) is 14.6 Å². The van der Waals surface area contributed by atoms with E-state index in [0.717, 1.165) is 0 Å². The molecule has 0 aromatic carbocycles. The van der Waals surface area contributed by atoms with Gasteiger partial charge in [-0.25, -0.2) is 0 Å². The Morgan fingerprint density at radius 1 is 1.50 bits per heavy atom. The molecule has 1 amide bonds. The number of hydrogen-bond acceptors (Lipinski definition) is 5. The number of ether oxygens (including phenoxy) is 2. The average Bonchev–Trinajstić information content (AvgIpc) is 2.71. The maximum absolute atomic E-state index is 11.4. The largest absolute Gasteiger partial charge is 0.480 e.